The number of carbonyl (C=O) groups is 1. The number of aliphatic carboxylic acids is 1. The highest BCUT2D eigenvalue weighted by atomic mass is 16.4. The number of nitrogens with zero attached hydrogens (tertiary/aromatic N) is 1. The van der Waals surface area contributed by atoms with Crippen molar-refractivity contribution in [1.82, 2.24) is 4.90 Å². The molecule has 1 aliphatic rings. The van der Waals surface area contributed by atoms with E-state index >= 15 is 0 Å². The van der Waals surface area contributed by atoms with Crippen LogP contribution in [0.15, 0.2) is 54.6 Å². The van der Waals surface area contributed by atoms with Crippen LogP contribution in [0.1, 0.15) is 54.4 Å². The molecule has 146 valence electrons. The summed E-state index contributed by atoms with van der Waals surface area (Å²) in [4.78, 5) is 12.9. The predicted octanol–water partition coefficient (Wildman–Crippen LogP) is 5.57. The van der Waals surface area contributed by atoms with Crippen molar-refractivity contribution in [2.75, 3.05) is 20.1 Å². The number of carboxylic acid groups (broad SMARTS) is 1. The molecule has 0 bridgehead atoms. The molecule has 1 aliphatic carbocycles. The van der Waals surface area contributed by atoms with Crippen LogP contribution in [0.2, 0.25) is 0 Å². The molecule has 0 amide bonds. The highest BCUT2D eigenvalue weighted by molar-refractivity contribution is 5.93. The zero-order valence-electron chi connectivity index (χ0n) is 16.6. The average Bonchev–Trinajstić information content (AvgIpc) is 2.85. The van der Waals surface area contributed by atoms with Crippen LogP contribution in [0.4, 0.5) is 0 Å². The Labute approximate surface area is 168 Å². The Kier molecular flexibility index (Phi) is 7.21. The molecule has 3 rings (SSSR count). The zero-order chi connectivity index (χ0) is 19.8. The lowest BCUT2D eigenvalue weighted by Crippen LogP contribution is -2.20. The summed E-state index contributed by atoms with van der Waals surface area (Å²) in [6.07, 6.45) is 10.8. The number of benzene rings is 2. The van der Waals surface area contributed by atoms with Gasteiger partial charge in [0.2, 0.25) is 0 Å². The Morgan fingerprint density at radius 1 is 0.893 bits per heavy atom. The molecule has 0 saturated heterocycles. The largest absolute Gasteiger partial charge is 0.481 e. The summed E-state index contributed by atoms with van der Waals surface area (Å²) in [7, 11) is 2.15. The van der Waals surface area contributed by atoms with Crippen LogP contribution in [0.25, 0.3) is 17.7 Å². The lowest BCUT2D eigenvalue weighted by Gasteiger charge is -2.16. The van der Waals surface area contributed by atoms with Crippen molar-refractivity contribution in [1.29, 1.82) is 0 Å². The molecule has 0 radical (unpaired) electrons. The van der Waals surface area contributed by atoms with Gasteiger partial charge in [-0.05, 0) is 60.7 Å². The molecule has 0 atom stereocenters. The average molecular weight is 376 g/mol. The predicted molar refractivity (Wildman–Crippen MR) is 117 cm³/mol. The number of hydrogen-bond acceptors (Lipinski definition) is 2. The fraction of sp³-hybridized carbons (Fsp3) is 0.320. The van der Waals surface area contributed by atoms with E-state index in [1.807, 2.05) is 0 Å². The second-order valence-corrected chi connectivity index (χ2v) is 7.42. The molecule has 0 saturated carbocycles. The first kappa shape index (κ1) is 20.1. The van der Waals surface area contributed by atoms with Gasteiger partial charge in [0.25, 0.3) is 0 Å². The first-order valence-electron chi connectivity index (χ1n) is 10.1. The smallest absolute Gasteiger partial charge is 0.303 e. The normalized spacial score (nSPS) is 12.4. The monoisotopic (exact) mass is 375 g/mol. The van der Waals surface area contributed by atoms with E-state index in [1.54, 1.807) is 0 Å². The summed E-state index contributed by atoms with van der Waals surface area (Å²) in [6.45, 7) is 2.01. The molecule has 28 heavy (non-hydrogen) atoms. The van der Waals surface area contributed by atoms with E-state index in [0.717, 1.165) is 38.8 Å². The number of rotatable bonds is 9. The highest BCUT2D eigenvalue weighted by Crippen LogP contribution is 2.33. The minimum absolute atomic E-state index is 0.280. The number of fused-ring (bicyclic) bond motifs is 2. The van der Waals surface area contributed by atoms with Crippen molar-refractivity contribution in [3.8, 4) is 0 Å². The number of carboxylic acids is 1. The van der Waals surface area contributed by atoms with Gasteiger partial charge in [-0.15, -0.1) is 0 Å². The lowest BCUT2D eigenvalue weighted by molar-refractivity contribution is -0.137. The first-order valence-corrected chi connectivity index (χ1v) is 10.1. The first-order chi connectivity index (χ1) is 13.6. The summed E-state index contributed by atoms with van der Waals surface area (Å²) in [5.41, 5.74) is 6.42. The van der Waals surface area contributed by atoms with Crippen molar-refractivity contribution in [2.24, 2.45) is 0 Å². The molecular weight excluding hydrogens is 346 g/mol. The third-order valence-electron chi connectivity index (χ3n) is 5.23. The van der Waals surface area contributed by atoms with E-state index < -0.39 is 5.97 Å². The minimum Gasteiger partial charge on any atom is -0.481 e. The fourth-order valence-electron chi connectivity index (χ4n) is 3.70. The van der Waals surface area contributed by atoms with E-state index in [1.165, 1.54) is 27.8 Å². The van der Waals surface area contributed by atoms with Gasteiger partial charge in [-0.1, -0.05) is 73.2 Å². The van der Waals surface area contributed by atoms with Gasteiger partial charge in [0, 0.05) is 13.0 Å². The maximum absolute atomic E-state index is 10.6. The maximum atomic E-state index is 10.6. The van der Waals surface area contributed by atoms with Crippen LogP contribution in [0.3, 0.4) is 0 Å². The van der Waals surface area contributed by atoms with Gasteiger partial charge in [0.15, 0.2) is 0 Å². The van der Waals surface area contributed by atoms with Crippen LogP contribution in [-0.4, -0.2) is 36.1 Å². The second kappa shape index (κ2) is 10.0. The van der Waals surface area contributed by atoms with E-state index in [-0.39, 0.29) is 6.42 Å². The van der Waals surface area contributed by atoms with Crippen molar-refractivity contribution in [3.05, 3.63) is 76.9 Å². The lowest BCUT2D eigenvalue weighted by atomic mass is 9.93. The number of unbranched alkanes of at least 4 members (excludes halogenated alkanes) is 2. The highest BCUT2D eigenvalue weighted by Gasteiger charge is 2.14. The van der Waals surface area contributed by atoms with Crippen LogP contribution >= 0.6 is 0 Å². The molecule has 0 spiro atoms. The minimum atomic E-state index is -0.696. The molecular formula is C25H29NO2. The Hall–Kier alpha value is -2.65. The maximum Gasteiger partial charge on any atom is 0.303 e. The molecule has 0 unspecified atom stereocenters. The van der Waals surface area contributed by atoms with Crippen LogP contribution < -0.4 is 0 Å². The van der Waals surface area contributed by atoms with Crippen molar-refractivity contribution < 1.29 is 9.90 Å². The fourth-order valence-corrected chi connectivity index (χ4v) is 3.70. The molecule has 0 aliphatic heterocycles. The van der Waals surface area contributed by atoms with Gasteiger partial charge in [-0.25, -0.2) is 0 Å². The Morgan fingerprint density at radius 2 is 1.50 bits per heavy atom. The SMILES string of the molecule is CN(CCC=C1c2ccccc2C=Cc2ccccc21)CCCCCC(=O)O. The Balaban J connectivity index is 1.63. The zero-order valence-corrected chi connectivity index (χ0v) is 16.6. The van der Waals surface area contributed by atoms with Gasteiger partial charge < -0.3 is 10.0 Å². The summed E-state index contributed by atoms with van der Waals surface area (Å²) in [6, 6.07) is 17.2. The molecule has 0 heterocycles. The molecule has 0 aromatic heterocycles. The van der Waals surface area contributed by atoms with Gasteiger partial charge in [0.1, 0.15) is 0 Å². The van der Waals surface area contributed by atoms with Gasteiger partial charge in [-0.3, -0.25) is 4.79 Å². The van der Waals surface area contributed by atoms with Crippen LogP contribution in [0, 0.1) is 0 Å². The Morgan fingerprint density at radius 3 is 2.11 bits per heavy atom. The summed E-state index contributed by atoms with van der Waals surface area (Å²) >= 11 is 0. The van der Waals surface area contributed by atoms with E-state index in [4.69, 9.17) is 5.11 Å². The van der Waals surface area contributed by atoms with E-state index in [9.17, 15) is 4.79 Å². The topological polar surface area (TPSA) is 40.5 Å². The summed E-state index contributed by atoms with van der Waals surface area (Å²) in [5, 5.41) is 8.70. The van der Waals surface area contributed by atoms with Gasteiger partial charge >= 0.3 is 5.97 Å². The van der Waals surface area contributed by atoms with Crippen LogP contribution in [-0.2, 0) is 4.79 Å². The third-order valence-corrected chi connectivity index (χ3v) is 5.23. The molecule has 3 heteroatoms. The molecule has 1 N–H and O–H groups in total. The molecule has 2 aromatic carbocycles. The molecule has 2 aromatic rings. The standard InChI is InChI=1S/C25H29NO2/c1-26(18-8-2-3-15-25(27)28)19-9-14-24-22-12-6-4-10-20(22)16-17-21-11-5-7-13-23(21)24/h4-7,10-14,16-17H,2-3,8-9,15,18-19H2,1H3,(H,27,28). The summed E-state index contributed by atoms with van der Waals surface area (Å²) < 4.78 is 0. The summed E-state index contributed by atoms with van der Waals surface area (Å²) in [5.74, 6) is -0.696. The molecule has 3 nitrogen and oxygen atoms in total. The quantitative estimate of drug-likeness (QED) is 0.497. The van der Waals surface area contributed by atoms with Crippen molar-refractivity contribution >= 4 is 23.7 Å². The van der Waals surface area contributed by atoms with E-state index in [2.05, 4.69) is 78.7 Å². The van der Waals surface area contributed by atoms with Gasteiger partial charge in [-0.2, -0.15) is 0 Å². The van der Waals surface area contributed by atoms with Crippen molar-refractivity contribution in [2.45, 2.75) is 32.1 Å². The van der Waals surface area contributed by atoms with Gasteiger partial charge in [0.05, 0.1) is 0 Å². The third kappa shape index (κ3) is 5.43. The van der Waals surface area contributed by atoms with Crippen LogP contribution in [0.5, 0.6) is 0 Å². The number of hydrogen-bond donors (Lipinski definition) is 1. The van der Waals surface area contributed by atoms with E-state index in [0.29, 0.717) is 0 Å². The second-order valence-electron chi connectivity index (χ2n) is 7.42. The molecule has 0 fully saturated rings. The van der Waals surface area contributed by atoms with Crippen molar-refractivity contribution in [3.63, 3.8) is 0 Å². The Bertz CT molecular complexity index is 815.